The van der Waals surface area contributed by atoms with Gasteiger partial charge in [-0.25, -0.2) is 0 Å². The highest BCUT2D eigenvalue weighted by Crippen LogP contribution is 2.34. The first-order valence-corrected chi connectivity index (χ1v) is 8.71. The first-order valence-electron chi connectivity index (χ1n) is 8.71. The smallest absolute Gasteiger partial charge is 0.274 e. The number of hydrogen-bond acceptors (Lipinski definition) is 5. The molecule has 0 unspecified atom stereocenters. The van der Waals surface area contributed by atoms with Gasteiger partial charge in [-0.05, 0) is 37.1 Å². The fraction of sp³-hybridized carbons (Fsp3) is 0.368. The van der Waals surface area contributed by atoms with Crippen molar-refractivity contribution in [1.82, 2.24) is 4.98 Å². The Morgan fingerprint density at radius 1 is 1.00 bits per heavy atom. The molecular weight excluding hydrogens is 318 g/mol. The number of anilines is 2. The highest BCUT2D eigenvalue weighted by Gasteiger charge is 2.16. The molecule has 0 radical (unpaired) electrons. The van der Waals surface area contributed by atoms with E-state index in [2.05, 4.69) is 15.2 Å². The minimum atomic E-state index is -0.226. The molecule has 1 aromatic carbocycles. The third-order valence-electron chi connectivity index (χ3n) is 4.58. The lowest BCUT2D eigenvalue weighted by atomic mass is 10.2. The van der Waals surface area contributed by atoms with Gasteiger partial charge in [-0.15, -0.1) is 0 Å². The number of pyridine rings is 1. The summed E-state index contributed by atoms with van der Waals surface area (Å²) < 4.78 is 10.6. The Balaban J connectivity index is 1.49. The molecule has 130 valence electrons. The van der Waals surface area contributed by atoms with Crippen molar-refractivity contribution in [2.45, 2.75) is 25.7 Å². The van der Waals surface area contributed by atoms with E-state index in [1.807, 2.05) is 12.1 Å². The first kappa shape index (κ1) is 15.7. The van der Waals surface area contributed by atoms with Gasteiger partial charge in [-0.3, -0.25) is 9.78 Å². The van der Waals surface area contributed by atoms with Crippen LogP contribution in [0.15, 0.2) is 36.5 Å². The summed E-state index contributed by atoms with van der Waals surface area (Å²) in [5.74, 6) is 1.11. The SMILES string of the molecule is O=C(Nc1ccc2c(c1)OCO2)c1cc(N2CCCCCC2)ccn1. The molecular formula is C19H21N3O3. The zero-order valence-corrected chi connectivity index (χ0v) is 14.0. The summed E-state index contributed by atoms with van der Waals surface area (Å²) in [6.07, 6.45) is 6.65. The maximum Gasteiger partial charge on any atom is 0.274 e. The van der Waals surface area contributed by atoms with Gasteiger partial charge >= 0.3 is 0 Å². The number of fused-ring (bicyclic) bond motifs is 1. The molecule has 2 aromatic rings. The molecule has 1 aromatic heterocycles. The van der Waals surface area contributed by atoms with Gasteiger partial charge in [0.25, 0.3) is 5.91 Å². The van der Waals surface area contributed by atoms with Crippen LogP contribution in [-0.4, -0.2) is 30.8 Å². The van der Waals surface area contributed by atoms with Crippen molar-refractivity contribution in [2.24, 2.45) is 0 Å². The molecule has 4 rings (SSSR count). The molecule has 0 spiro atoms. The molecule has 0 aliphatic carbocycles. The third kappa shape index (κ3) is 3.52. The molecule has 1 fully saturated rings. The van der Waals surface area contributed by atoms with Crippen LogP contribution >= 0.6 is 0 Å². The molecule has 0 saturated carbocycles. The molecule has 3 heterocycles. The molecule has 0 bridgehead atoms. The number of carbonyl (C=O) groups is 1. The number of nitrogens with zero attached hydrogens (tertiary/aromatic N) is 2. The van der Waals surface area contributed by atoms with Crippen LogP contribution in [0.5, 0.6) is 11.5 Å². The molecule has 1 N–H and O–H groups in total. The number of benzene rings is 1. The molecule has 0 atom stereocenters. The van der Waals surface area contributed by atoms with Crippen molar-refractivity contribution in [1.29, 1.82) is 0 Å². The fourth-order valence-electron chi connectivity index (χ4n) is 3.24. The standard InChI is InChI=1S/C19H21N3O3/c23-19(21-14-5-6-17-18(11-14)25-13-24-17)16-12-15(7-8-20-16)22-9-3-1-2-4-10-22/h5-8,11-12H,1-4,9-10,13H2,(H,21,23). The van der Waals surface area contributed by atoms with Crippen LogP contribution in [-0.2, 0) is 0 Å². The van der Waals surface area contributed by atoms with Crippen molar-refractivity contribution in [3.05, 3.63) is 42.2 Å². The summed E-state index contributed by atoms with van der Waals surface area (Å²) in [5.41, 5.74) is 2.14. The number of nitrogens with one attached hydrogen (secondary N) is 1. The van der Waals surface area contributed by atoms with E-state index in [-0.39, 0.29) is 12.7 Å². The maximum absolute atomic E-state index is 12.6. The normalized spacial score (nSPS) is 16.4. The Bertz CT molecular complexity index is 770. The predicted molar refractivity (Wildman–Crippen MR) is 95.4 cm³/mol. The average molecular weight is 339 g/mol. The van der Waals surface area contributed by atoms with Crippen LogP contribution in [0, 0.1) is 0 Å². The van der Waals surface area contributed by atoms with Crippen LogP contribution in [0.3, 0.4) is 0 Å². The van der Waals surface area contributed by atoms with Crippen LogP contribution < -0.4 is 19.7 Å². The van der Waals surface area contributed by atoms with E-state index in [1.165, 1.54) is 25.7 Å². The van der Waals surface area contributed by atoms with Gasteiger partial charge < -0.3 is 19.7 Å². The lowest BCUT2D eigenvalue weighted by Gasteiger charge is -2.22. The number of ether oxygens (including phenoxy) is 2. The molecule has 6 nitrogen and oxygen atoms in total. The van der Waals surface area contributed by atoms with Gasteiger partial charge in [0.1, 0.15) is 5.69 Å². The van der Waals surface area contributed by atoms with E-state index in [9.17, 15) is 4.79 Å². The zero-order chi connectivity index (χ0) is 17.1. The Morgan fingerprint density at radius 3 is 2.64 bits per heavy atom. The summed E-state index contributed by atoms with van der Waals surface area (Å²) in [7, 11) is 0. The predicted octanol–water partition coefficient (Wildman–Crippen LogP) is 3.44. The van der Waals surface area contributed by atoms with E-state index in [1.54, 1.807) is 24.4 Å². The van der Waals surface area contributed by atoms with Gasteiger partial charge in [0, 0.05) is 36.7 Å². The topological polar surface area (TPSA) is 63.7 Å². The maximum atomic E-state index is 12.6. The second kappa shape index (κ2) is 7.01. The summed E-state index contributed by atoms with van der Waals surface area (Å²) in [6, 6.07) is 9.19. The molecule has 25 heavy (non-hydrogen) atoms. The van der Waals surface area contributed by atoms with Gasteiger partial charge in [-0.2, -0.15) is 0 Å². The molecule has 6 heteroatoms. The summed E-state index contributed by atoms with van der Waals surface area (Å²) in [4.78, 5) is 19.1. The molecule has 1 amide bonds. The Kier molecular flexibility index (Phi) is 4.41. The van der Waals surface area contributed by atoms with Crippen molar-refractivity contribution >= 4 is 17.3 Å². The highest BCUT2D eigenvalue weighted by atomic mass is 16.7. The second-order valence-corrected chi connectivity index (χ2v) is 6.32. The Labute approximate surface area is 146 Å². The number of amides is 1. The van der Waals surface area contributed by atoms with Crippen molar-refractivity contribution in [3.8, 4) is 11.5 Å². The monoisotopic (exact) mass is 339 g/mol. The van der Waals surface area contributed by atoms with E-state index < -0.39 is 0 Å². The van der Waals surface area contributed by atoms with Crippen molar-refractivity contribution in [3.63, 3.8) is 0 Å². The van der Waals surface area contributed by atoms with E-state index >= 15 is 0 Å². The summed E-state index contributed by atoms with van der Waals surface area (Å²) >= 11 is 0. The lowest BCUT2D eigenvalue weighted by molar-refractivity contribution is 0.102. The summed E-state index contributed by atoms with van der Waals surface area (Å²) in [5, 5.41) is 2.87. The second-order valence-electron chi connectivity index (χ2n) is 6.32. The van der Waals surface area contributed by atoms with Crippen LogP contribution in [0.1, 0.15) is 36.2 Å². The van der Waals surface area contributed by atoms with E-state index in [0.29, 0.717) is 22.9 Å². The fourth-order valence-corrected chi connectivity index (χ4v) is 3.24. The van der Waals surface area contributed by atoms with Gasteiger partial charge in [0.2, 0.25) is 6.79 Å². The minimum Gasteiger partial charge on any atom is -0.454 e. The molecule has 2 aliphatic heterocycles. The van der Waals surface area contributed by atoms with Crippen molar-refractivity contribution < 1.29 is 14.3 Å². The zero-order valence-electron chi connectivity index (χ0n) is 14.0. The number of hydrogen-bond donors (Lipinski definition) is 1. The minimum absolute atomic E-state index is 0.214. The van der Waals surface area contributed by atoms with Gasteiger partial charge in [0.05, 0.1) is 0 Å². The van der Waals surface area contributed by atoms with Crippen molar-refractivity contribution in [2.75, 3.05) is 30.1 Å². The van der Waals surface area contributed by atoms with Crippen LogP contribution in [0.25, 0.3) is 0 Å². The lowest BCUT2D eigenvalue weighted by Crippen LogP contribution is -2.24. The Hall–Kier alpha value is -2.76. The molecule has 1 saturated heterocycles. The van der Waals surface area contributed by atoms with Crippen LogP contribution in [0.2, 0.25) is 0 Å². The largest absolute Gasteiger partial charge is 0.454 e. The highest BCUT2D eigenvalue weighted by molar-refractivity contribution is 6.03. The number of aromatic nitrogens is 1. The first-order chi connectivity index (χ1) is 12.3. The van der Waals surface area contributed by atoms with Gasteiger partial charge in [-0.1, -0.05) is 12.8 Å². The number of rotatable bonds is 3. The third-order valence-corrected chi connectivity index (χ3v) is 4.58. The Morgan fingerprint density at radius 2 is 1.80 bits per heavy atom. The van der Waals surface area contributed by atoms with E-state index in [4.69, 9.17) is 9.47 Å². The quantitative estimate of drug-likeness (QED) is 0.928. The summed E-state index contributed by atoms with van der Waals surface area (Å²) in [6.45, 7) is 2.28. The van der Waals surface area contributed by atoms with E-state index in [0.717, 1.165) is 18.8 Å². The average Bonchev–Trinajstić information content (AvgIpc) is 2.93. The number of carbonyl (C=O) groups excluding carboxylic acids is 1. The van der Waals surface area contributed by atoms with Gasteiger partial charge in [0.15, 0.2) is 11.5 Å². The molecule has 2 aliphatic rings. The van der Waals surface area contributed by atoms with Crippen LogP contribution in [0.4, 0.5) is 11.4 Å².